The normalized spacial score (nSPS) is 23.6. The number of nitrogens with two attached hydrogens (primary N) is 1. The molecule has 1 spiro atoms. The number of rotatable bonds is 2. The van der Waals surface area contributed by atoms with Gasteiger partial charge in [-0.1, -0.05) is 86.3 Å². The monoisotopic (exact) mass is 462 g/mol. The van der Waals surface area contributed by atoms with Gasteiger partial charge in [-0.15, -0.1) is 11.8 Å². The third-order valence-electron chi connectivity index (χ3n) is 9.30. The second-order valence-electron chi connectivity index (χ2n) is 11.1. The average Bonchev–Trinajstić information content (AvgIpc) is 3.13. The number of aromatic nitrogens is 1. The predicted molar refractivity (Wildman–Crippen MR) is 147 cm³/mol. The molecule has 1 atom stereocenters. The van der Waals surface area contributed by atoms with Crippen molar-refractivity contribution in [2.45, 2.75) is 56.4 Å². The Balaban J connectivity index is 1.73. The lowest BCUT2D eigenvalue weighted by Crippen LogP contribution is -2.32. The first kappa shape index (κ1) is 21.8. The van der Waals surface area contributed by atoms with Crippen molar-refractivity contribution in [3.05, 3.63) is 106 Å². The Kier molecular flexibility index (Phi) is 4.58. The number of hydrogen-bond acceptors (Lipinski definition) is 3. The zero-order chi connectivity index (χ0) is 23.9. The summed E-state index contributed by atoms with van der Waals surface area (Å²) in [5, 5.41) is 0.577. The van der Waals surface area contributed by atoms with Crippen LogP contribution in [0.15, 0.2) is 83.7 Å². The van der Waals surface area contributed by atoms with E-state index in [0.717, 1.165) is 5.75 Å². The molecular formula is C30H31BN2S. The average molecular weight is 462 g/mol. The quantitative estimate of drug-likeness (QED) is 0.433. The molecule has 0 radical (unpaired) electrons. The van der Waals surface area contributed by atoms with Crippen molar-refractivity contribution < 1.29 is 0 Å². The van der Waals surface area contributed by atoms with Gasteiger partial charge in [0.2, 0.25) is 0 Å². The van der Waals surface area contributed by atoms with Crippen LogP contribution in [0.25, 0.3) is 11.1 Å². The van der Waals surface area contributed by atoms with E-state index in [1.807, 2.05) is 18.0 Å². The van der Waals surface area contributed by atoms with E-state index in [-0.39, 0.29) is 16.0 Å². The van der Waals surface area contributed by atoms with Gasteiger partial charge in [0.1, 0.15) is 0 Å². The van der Waals surface area contributed by atoms with Crippen molar-refractivity contribution in [2.75, 3.05) is 0 Å². The highest BCUT2D eigenvalue weighted by atomic mass is 32.2. The molecular weight excluding hydrogens is 431 g/mol. The minimum Gasteiger partial charge on any atom is -0.405 e. The lowest BCUT2D eigenvalue weighted by atomic mass is 9.52. The van der Waals surface area contributed by atoms with Crippen LogP contribution in [-0.4, -0.2) is 11.7 Å². The third kappa shape index (κ3) is 2.58. The van der Waals surface area contributed by atoms with E-state index < -0.39 is 0 Å². The predicted octanol–water partition coefficient (Wildman–Crippen LogP) is 6.67. The van der Waals surface area contributed by atoms with Gasteiger partial charge in [0.05, 0.1) is 5.41 Å². The standard InChI is InChI=1S/C30H31BN2S/c1-19-27(12-14-32)34-18-20-13-15-33-17-26(20)30(19)24-9-7-6-8-22(24)23-11-10-21(16-25(23)30)31-28(2,3)29(31,4)5/h6-17H,18,32H2,1-5H3/b14-12-. The van der Waals surface area contributed by atoms with Crippen molar-refractivity contribution >= 4 is 23.9 Å². The first-order valence-electron chi connectivity index (χ1n) is 12.2. The largest absolute Gasteiger partial charge is 0.405 e. The van der Waals surface area contributed by atoms with Gasteiger partial charge in [-0.05, 0) is 64.2 Å². The van der Waals surface area contributed by atoms with Gasteiger partial charge >= 0.3 is 0 Å². The van der Waals surface area contributed by atoms with E-state index in [0.29, 0.717) is 6.71 Å². The van der Waals surface area contributed by atoms with Crippen LogP contribution in [0.4, 0.5) is 0 Å². The summed E-state index contributed by atoms with van der Waals surface area (Å²) in [5.74, 6) is 0.913. The van der Waals surface area contributed by atoms with E-state index in [4.69, 9.17) is 5.73 Å². The topological polar surface area (TPSA) is 38.9 Å². The Hall–Kier alpha value is -2.72. The molecule has 2 aromatic carbocycles. The number of fused-ring (bicyclic) bond motifs is 7. The molecule has 6 rings (SSSR count). The smallest absolute Gasteiger partial charge is 0.187 e. The Labute approximate surface area is 207 Å². The maximum absolute atomic E-state index is 5.95. The van der Waals surface area contributed by atoms with Crippen LogP contribution in [0.1, 0.15) is 56.9 Å². The highest BCUT2D eigenvalue weighted by Crippen LogP contribution is 2.73. The summed E-state index contributed by atoms with van der Waals surface area (Å²) in [6.45, 7) is 12.5. The van der Waals surface area contributed by atoms with Gasteiger partial charge in [0.25, 0.3) is 0 Å². The fourth-order valence-corrected chi connectivity index (χ4v) is 8.11. The number of allylic oxidation sites excluding steroid dienone is 2. The number of hydrogen-bond donors (Lipinski definition) is 1. The molecule has 2 aliphatic heterocycles. The molecule has 0 saturated carbocycles. The minimum atomic E-state index is -0.368. The molecule has 34 heavy (non-hydrogen) atoms. The zero-order valence-electron chi connectivity index (χ0n) is 20.6. The number of benzene rings is 2. The van der Waals surface area contributed by atoms with Crippen LogP contribution < -0.4 is 11.2 Å². The Morgan fingerprint density at radius 2 is 1.68 bits per heavy atom. The number of thioether (sulfide) groups is 1. The summed E-state index contributed by atoms with van der Waals surface area (Å²) in [7, 11) is 0. The van der Waals surface area contributed by atoms with E-state index in [2.05, 4.69) is 100 Å². The first-order chi connectivity index (χ1) is 16.3. The number of nitrogens with zero attached hydrogens (tertiary/aromatic N) is 1. The van der Waals surface area contributed by atoms with Gasteiger partial charge < -0.3 is 5.73 Å². The van der Waals surface area contributed by atoms with Gasteiger partial charge in [0.15, 0.2) is 6.71 Å². The summed E-state index contributed by atoms with van der Waals surface area (Å²) in [6.07, 6.45) is 7.80. The van der Waals surface area contributed by atoms with Gasteiger partial charge in [0, 0.05) is 23.1 Å². The number of pyridine rings is 1. The zero-order valence-corrected chi connectivity index (χ0v) is 21.5. The molecule has 4 heteroatoms. The van der Waals surface area contributed by atoms with E-state index >= 15 is 0 Å². The molecule has 2 N–H and O–H groups in total. The van der Waals surface area contributed by atoms with E-state index in [1.165, 1.54) is 49.3 Å². The Bertz CT molecular complexity index is 1390. The van der Waals surface area contributed by atoms with Crippen LogP contribution in [0, 0.1) is 0 Å². The summed E-state index contributed by atoms with van der Waals surface area (Å²) in [4.78, 5) is 5.90. The van der Waals surface area contributed by atoms with E-state index in [9.17, 15) is 0 Å². The van der Waals surface area contributed by atoms with Crippen molar-refractivity contribution in [1.29, 1.82) is 0 Å². The summed E-state index contributed by atoms with van der Waals surface area (Å²) in [5.41, 5.74) is 16.4. The molecule has 1 saturated heterocycles. The molecule has 1 unspecified atom stereocenters. The van der Waals surface area contributed by atoms with Gasteiger partial charge in [-0.3, -0.25) is 4.98 Å². The second-order valence-corrected chi connectivity index (χ2v) is 12.2. The van der Waals surface area contributed by atoms with E-state index in [1.54, 1.807) is 6.20 Å². The maximum atomic E-state index is 5.95. The lowest BCUT2D eigenvalue weighted by Gasteiger charge is -2.35. The fourth-order valence-electron chi connectivity index (χ4n) is 7.00. The molecule has 3 heterocycles. The summed E-state index contributed by atoms with van der Waals surface area (Å²) >= 11 is 1.88. The van der Waals surface area contributed by atoms with Crippen molar-refractivity contribution in [3.63, 3.8) is 0 Å². The molecule has 1 aromatic heterocycles. The summed E-state index contributed by atoms with van der Waals surface area (Å²) in [6, 6.07) is 18.4. The highest BCUT2D eigenvalue weighted by molar-refractivity contribution is 8.02. The Morgan fingerprint density at radius 1 is 0.941 bits per heavy atom. The maximum Gasteiger partial charge on any atom is 0.187 e. The lowest BCUT2D eigenvalue weighted by molar-refractivity contribution is 0.628. The fraction of sp³-hybridized carbons (Fsp3) is 0.300. The van der Waals surface area contributed by atoms with Gasteiger partial charge in [-0.2, -0.15) is 0 Å². The molecule has 0 amide bonds. The molecule has 3 aromatic rings. The first-order valence-corrected chi connectivity index (χ1v) is 13.1. The SMILES string of the molecule is CC1=C(/C=C\N)SCc2ccncc2C12c1ccccc1-c1ccc(B3C(C)(C)C3(C)C)cc12. The third-order valence-corrected chi connectivity index (χ3v) is 10.5. The van der Waals surface area contributed by atoms with Crippen LogP contribution in [-0.2, 0) is 11.2 Å². The molecule has 0 bridgehead atoms. The summed E-state index contributed by atoms with van der Waals surface area (Å²) < 4.78 is 0. The molecule has 2 nitrogen and oxygen atoms in total. The van der Waals surface area contributed by atoms with Crippen LogP contribution in [0.5, 0.6) is 0 Å². The molecule has 1 aliphatic carbocycles. The van der Waals surface area contributed by atoms with Crippen LogP contribution in [0.2, 0.25) is 10.6 Å². The molecule has 1 fully saturated rings. The van der Waals surface area contributed by atoms with Gasteiger partial charge in [-0.25, -0.2) is 0 Å². The van der Waals surface area contributed by atoms with Crippen molar-refractivity contribution in [2.24, 2.45) is 5.73 Å². The van der Waals surface area contributed by atoms with Crippen LogP contribution >= 0.6 is 11.8 Å². The minimum absolute atomic E-state index is 0.289. The molecule has 3 aliphatic rings. The highest BCUT2D eigenvalue weighted by Gasteiger charge is 2.68. The van der Waals surface area contributed by atoms with Crippen molar-refractivity contribution in [1.82, 2.24) is 4.98 Å². The van der Waals surface area contributed by atoms with Crippen molar-refractivity contribution in [3.8, 4) is 11.1 Å². The Morgan fingerprint density at radius 3 is 2.41 bits per heavy atom. The van der Waals surface area contributed by atoms with Crippen LogP contribution in [0.3, 0.4) is 0 Å². The second kappa shape index (κ2) is 7.15. The molecule has 170 valence electrons.